The van der Waals surface area contributed by atoms with Gasteiger partial charge in [0.1, 0.15) is 5.60 Å². The van der Waals surface area contributed by atoms with E-state index in [1.54, 1.807) is 0 Å². The molecule has 4 aromatic carbocycles. The van der Waals surface area contributed by atoms with Crippen molar-refractivity contribution < 1.29 is 14.3 Å². The molecule has 4 heteroatoms. The lowest BCUT2D eigenvalue weighted by molar-refractivity contribution is 0.106. The van der Waals surface area contributed by atoms with Crippen molar-refractivity contribution in [2.24, 2.45) is 0 Å². The molecule has 0 radical (unpaired) electrons. The Balaban J connectivity index is 2.31. The van der Waals surface area contributed by atoms with E-state index in [1.807, 2.05) is 0 Å². The molecule has 0 saturated heterocycles. The normalized spacial score (nSPS) is 14.4. The number of hydrogen-bond acceptors (Lipinski definition) is 3. The molecule has 0 saturated carbocycles. The van der Waals surface area contributed by atoms with Gasteiger partial charge in [-0.05, 0) is 118 Å². The van der Waals surface area contributed by atoms with Crippen molar-refractivity contribution in [3.05, 3.63) is 93.0 Å². The predicted octanol–water partition coefficient (Wildman–Crippen LogP) is 13.3. The Morgan fingerprint density at radius 1 is 0.360 bits per heavy atom. The van der Waals surface area contributed by atoms with Gasteiger partial charge in [-0.15, -0.1) is 0 Å². The van der Waals surface area contributed by atoms with E-state index in [1.165, 1.54) is 43.8 Å². The van der Waals surface area contributed by atoms with Gasteiger partial charge in [0.05, 0.1) is 0 Å². The first-order valence-electron chi connectivity index (χ1n) is 18.4. The molecule has 0 spiro atoms. The smallest absolute Gasteiger partial charge is 0.328 e. The maximum Gasteiger partial charge on any atom is 0.328 e. The summed E-state index contributed by atoms with van der Waals surface area (Å²) in [4.78, 5) is 21.7. The van der Waals surface area contributed by atoms with E-state index in [0.29, 0.717) is 0 Å². The SMILES string of the molecule is CC(C)(C)c1cc(C(C)(C)C)c2cc(C(C)(OP(O)O)c3cc4c(C(C)(C)C)cc(C(C)(C)C)cc4cc3C(C)(C)C)c(C(C)(C)C)cc2c1. The third-order valence-electron chi connectivity index (χ3n) is 10.4. The molecule has 0 amide bonds. The molecule has 0 unspecified atom stereocenters. The van der Waals surface area contributed by atoms with Crippen molar-refractivity contribution in [3.8, 4) is 0 Å². The van der Waals surface area contributed by atoms with Crippen LogP contribution in [0.1, 0.15) is 176 Å². The summed E-state index contributed by atoms with van der Waals surface area (Å²) in [7, 11) is -2.72. The van der Waals surface area contributed by atoms with Crippen LogP contribution in [-0.2, 0) is 42.6 Å². The lowest BCUT2D eigenvalue weighted by atomic mass is 9.69. The number of rotatable bonds is 4. The van der Waals surface area contributed by atoms with Gasteiger partial charge in [0, 0.05) is 0 Å². The van der Waals surface area contributed by atoms with Crippen LogP contribution in [0.3, 0.4) is 0 Å². The van der Waals surface area contributed by atoms with Crippen molar-refractivity contribution in [2.45, 2.75) is 170 Å². The standard InChI is InChI=1S/C46H67O3P/c1-40(2,3)30-20-28-22-36(44(13,14)15)38(26-32(28)34(24-30)42(7,8)9)46(19,49-50(47)48)39-27-33-29(23-37(39)45(16,17)18)21-31(41(4,5)6)25-35(33)43(10,11)12/h20-27,47-48H,1-19H3. The zero-order valence-electron chi connectivity index (χ0n) is 34.9. The van der Waals surface area contributed by atoms with Gasteiger partial charge in [0.25, 0.3) is 0 Å². The second-order valence-corrected chi connectivity index (χ2v) is 21.9. The fourth-order valence-corrected chi connectivity index (χ4v) is 7.89. The summed E-state index contributed by atoms with van der Waals surface area (Å²) >= 11 is 0. The lowest BCUT2D eigenvalue weighted by Gasteiger charge is -2.40. The third kappa shape index (κ3) is 8.02. The highest BCUT2D eigenvalue weighted by molar-refractivity contribution is 7.39. The monoisotopic (exact) mass is 698 g/mol. The van der Waals surface area contributed by atoms with Crippen LogP contribution < -0.4 is 0 Å². The van der Waals surface area contributed by atoms with Gasteiger partial charge >= 0.3 is 8.60 Å². The molecule has 50 heavy (non-hydrogen) atoms. The first kappa shape index (κ1) is 40.5. The summed E-state index contributed by atoms with van der Waals surface area (Å²) in [5.41, 5.74) is 7.39. The average molecular weight is 699 g/mol. The highest BCUT2D eigenvalue weighted by atomic mass is 31.2. The van der Waals surface area contributed by atoms with Crippen molar-refractivity contribution in [3.63, 3.8) is 0 Å². The van der Waals surface area contributed by atoms with Crippen molar-refractivity contribution >= 4 is 30.1 Å². The molecule has 0 aliphatic carbocycles. The van der Waals surface area contributed by atoms with E-state index in [0.717, 1.165) is 22.3 Å². The molecule has 0 aliphatic rings. The third-order valence-corrected chi connectivity index (χ3v) is 11.0. The van der Waals surface area contributed by atoms with Crippen LogP contribution >= 0.6 is 8.60 Å². The van der Waals surface area contributed by atoms with Gasteiger partial charge in [-0.1, -0.05) is 161 Å². The number of hydrogen-bond donors (Lipinski definition) is 2. The van der Waals surface area contributed by atoms with Gasteiger partial charge < -0.3 is 9.79 Å². The van der Waals surface area contributed by atoms with E-state index in [4.69, 9.17) is 4.52 Å². The summed E-state index contributed by atoms with van der Waals surface area (Å²) < 4.78 is 6.56. The summed E-state index contributed by atoms with van der Waals surface area (Å²) in [6.45, 7) is 42.9. The first-order chi connectivity index (χ1) is 22.3. The molecule has 0 fully saturated rings. The van der Waals surface area contributed by atoms with Crippen molar-refractivity contribution in [1.82, 2.24) is 0 Å². The van der Waals surface area contributed by atoms with Crippen LogP contribution in [0.5, 0.6) is 0 Å². The summed E-state index contributed by atoms with van der Waals surface area (Å²) in [6.07, 6.45) is 0. The second-order valence-electron chi connectivity index (χ2n) is 21.2. The van der Waals surface area contributed by atoms with Crippen LogP contribution in [0, 0.1) is 0 Å². The summed E-state index contributed by atoms with van der Waals surface area (Å²) in [5, 5.41) is 4.75. The van der Waals surface area contributed by atoms with E-state index < -0.39 is 14.2 Å². The van der Waals surface area contributed by atoms with Crippen molar-refractivity contribution in [1.29, 1.82) is 0 Å². The van der Waals surface area contributed by atoms with Crippen molar-refractivity contribution in [2.75, 3.05) is 0 Å². The topological polar surface area (TPSA) is 49.7 Å². The molecule has 3 nitrogen and oxygen atoms in total. The van der Waals surface area contributed by atoms with Crippen LogP contribution in [0.25, 0.3) is 21.5 Å². The molecule has 0 bridgehead atoms. The molecule has 0 aliphatic heterocycles. The molecule has 274 valence electrons. The fourth-order valence-electron chi connectivity index (χ4n) is 7.37. The van der Waals surface area contributed by atoms with Gasteiger partial charge in [0.15, 0.2) is 0 Å². The van der Waals surface area contributed by atoms with E-state index >= 15 is 0 Å². The molecule has 4 rings (SSSR count). The maximum atomic E-state index is 10.8. The molecule has 0 aromatic heterocycles. The van der Waals surface area contributed by atoms with Gasteiger partial charge in [-0.2, -0.15) is 0 Å². The van der Waals surface area contributed by atoms with Crippen LogP contribution in [0.4, 0.5) is 0 Å². The first-order valence-corrected chi connectivity index (χ1v) is 19.6. The molecular formula is C46H67O3P. The Kier molecular flexibility index (Phi) is 10.3. The fraction of sp³-hybridized carbons (Fsp3) is 0.565. The van der Waals surface area contributed by atoms with Gasteiger partial charge in [-0.3, -0.25) is 4.52 Å². The summed E-state index contributed by atoms with van der Waals surface area (Å²) in [6, 6.07) is 18.8. The highest BCUT2D eigenvalue weighted by Gasteiger charge is 2.42. The van der Waals surface area contributed by atoms with E-state index in [9.17, 15) is 9.79 Å². The van der Waals surface area contributed by atoms with Gasteiger partial charge in [0.2, 0.25) is 0 Å². The summed E-state index contributed by atoms with van der Waals surface area (Å²) in [5.74, 6) is 0. The maximum absolute atomic E-state index is 10.8. The van der Waals surface area contributed by atoms with Crippen LogP contribution in [0.15, 0.2) is 48.5 Å². The molecule has 0 atom stereocenters. The highest BCUT2D eigenvalue weighted by Crippen LogP contribution is 2.52. The zero-order valence-corrected chi connectivity index (χ0v) is 35.8. The molecule has 2 N–H and O–H groups in total. The number of fused-ring (bicyclic) bond motifs is 2. The molecular weight excluding hydrogens is 631 g/mol. The Hall–Kier alpha value is -2.29. The molecule has 4 aromatic rings. The Bertz CT molecular complexity index is 1770. The van der Waals surface area contributed by atoms with Gasteiger partial charge in [-0.25, -0.2) is 0 Å². The minimum Gasteiger partial charge on any atom is -0.328 e. The predicted molar refractivity (Wildman–Crippen MR) is 219 cm³/mol. The largest absolute Gasteiger partial charge is 0.328 e. The zero-order chi connectivity index (χ0) is 38.4. The molecule has 0 heterocycles. The Labute approximate surface area is 306 Å². The van der Waals surface area contributed by atoms with E-state index in [-0.39, 0.29) is 32.5 Å². The average Bonchev–Trinajstić information content (AvgIpc) is 2.91. The van der Waals surface area contributed by atoms with Crippen LogP contribution in [-0.4, -0.2) is 9.79 Å². The second kappa shape index (κ2) is 12.7. The Morgan fingerprint density at radius 2 is 0.660 bits per heavy atom. The minimum absolute atomic E-state index is 0.0136. The van der Waals surface area contributed by atoms with Crippen LogP contribution in [0.2, 0.25) is 0 Å². The van der Waals surface area contributed by atoms with E-state index in [2.05, 4.69) is 180 Å². The quantitative estimate of drug-likeness (QED) is 0.209. The number of benzene rings is 4. The lowest BCUT2D eigenvalue weighted by Crippen LogP contribution is -2.33. The minimum atomic E-state index is -2.72. The Morgan fingerprint density at radius 3 is 0.900 bits per heavy atom.